The van der Waals surface area contributed by atoms with Gasteiger partial charge in [-0.25, -0.2) is 0 Å². The van der Waals surface area contributed by atoms with Crippen LogP contribution in [0.25, 0.3) is 0 Å². The van der Waals surface area contributed by atoms with E-state index >= 15 is 0 Å². The van der Waals surface area contributed by atoms with Crippen LogP contribution in [0.2, 0.25) is 0 Å². The lowest BCUT2D eigenvalue weighted by molar-refractivity contribution is -0.166. The summed E-state index contributed by atoms with van der Waals surface area (Å²) in [4.78, 5) is 38.1. The zero-order valence-corrected chi connectivity index (χ0v) is 45.6. The molecule has 0 rings (SSSR count). The van der Waals surface area contributed by atoms with Gasteiger partial charge in [0.25, 0.3) is 0 Å². The molecule has 0 bridgehead atoms. The molecule has 0 aromatic carbocycles. The quantitative estimate of drug-likeness (QED) is 0.0262. The van der Waals surface area contributed by atoms with E-state index in [2.05, 4.69) is 87.6 Å². The number of ether oxygens (including phenoxy) is 3. The summed E-state index contributed by atoms with van der Waals surface area (Å²) in [5.74, 6) is -0.969. The largest absolute Gasteiger partial charge is 0.462 e. The first-order valence-electron chi connectivity index (χ1n) is 29.4. The molecule has 0 saturated heterocycles. The van der Waals surface area contributed by atoms with Crippen LogP contribution in [0, 0.1) is 0 Å². The maximum absolute atomic E-state index is 12.9. The Hall–Kier alpha value is -3.15. The highest BCUT2D eigenvalue weighted by Crippen LogP contribution is 2.17. The maximum Gasteiger partial charge on any atom is 0.306 e. The molecule has 6 heteroatoms. The van der Waals surface area contributed by atoms with E-state index in [9.17, 15) is 14.4 Å². The molecule has 69 heavy (non-hydrogen) atoms. The Morgan fingerprint density at radius 2 is 0.565 bits per heavy atom. The molecule has 0 N–H and O–H groups in total. The van der Waals surface area contributed by atoms with Gasteiger partial charge in [0.15, 0.2) is 6.10 Å². The highest BCUT2D eigenvalue weighted by Gasteiger charge is 2.19. The van der Waals surface area contributed by atoms with E-state index in [-0.39, 0.29) is 37.5 Å². The minimum Gasteiger partial charge on any atom is -0.462 e. The lowest BCUT2D eigenvalue weighted by atomic mass is 10.0. The van der Waals surface area contributed by atoms with E-state index < -0.39 is 6.10 Å². The Morgan fingerprint density at radius 3 is 0.884 bits per heavy atom. The molecule has 0 heterocycles. The third-order valence-electron chi connectivity index (χ3n) is 12.7. The van der Waals surface area contributed by atoms with Gasteiger partial charge in [-0.1, -0.05) is 286 Å². The van der Waals surface area contributed by atoms with Crippen LogP contribution in [-0.2, 0) is 28.6 Å². The van der Waals surface area contributed by atoms with Crippen molar-refractivity contribution in [2.24, 2.45) is 0 Å². The van der Waals surface area contributed by atoms with Crippen LogP contribution in [0.4, 0.5) is 0 Å². The molecular formula is C63H110O6. The van der Waals surface area contributed by atoms with Crippen molar-refractivity contribution in [3.63, 3.8) is 0 Å². The van der Waals surface area contributed by atoms with E-state index in [1.54, 1.807) is 0 Å². The summed E-state index contributed by atoms with van der Waals surface area (Å²) in [6.45, 7) is 6.49. The van der Waals surface area contributed by atoms with E-state index in [1.807, 2.05) is 6.08 Å². The van der Waals surface area contributed by atoms with Gasteiger partial charge >= 0.3 is 17.9 Å². The summed E-state index contributed by atoms with van der Waals surface area (Å²) in [5, 5.41) is 0. The van der Waals surface area contributed by atoms with E-state index in [0.717, 1.165) is 77.0 Å². The van der Waals surface area contributed by atoms with Gasteiger partial charge in [0.2, 0.25) is 0 Å². The van der Waals surface area contributed by atoms with Gasteiger partial charge in [-0.3, -0.25) is 14.4 Å². The molecule has 0 radical (unpaired) electrons. The number of hydrogen-bond acceptors (Lipinski definition) is 6. The van der Waals surface area contributed by atoms with Crippen LogP contribution in [0.5, 0.6) is 0 Å². The molecular weight excluding hydrogens is 853 g/mol. The summed E-state index contributed by atoms with van der Waals surface area (Å²) in [6, 6.07) is 0. The van der Waals surface area contributed by atoms with Crippen LogP contribution in [0.1, 0.15) is 290 Å². The Morgan fingerprint density at radius 1 is 0.304 bits per heavy atom. The van der Waals surface area contributed by atoms with Gasteiger partial charge in [-0.05, 0) is 57.8 Å². The van der Waals surface area contributed by atoms with Gasteiger partial charge in [-0.15, -0.1) is 0 Å². The number of allylic oxidation sites excluding steroid dienone is 12. The number of hydrogen-bond donors (Lipinski definition) is 0. The Kier molecular flexibility index (Phi) is 54.8. The molecule has 0 spiro atoms. The van der Waals surface area contributed by atoms with Crippen LogP contribution >= 0.6 is 0 Å². The summed E-state index contributed by atoms with van der Waals surface area (Å²) in [5.41, 5.74) is 0. The average molecular weight is 964 g/mol. The van der Waals surface area contributed by atoms with Gasteiger partial charge in [0.05, 0.1) is 0 Å². The van der Waals surface area contributed by atoms with E-state index in [1.165, 1.54) is 167 Å². The topological polar surface area (TPSA) is 78.9 Å². The summed E-state index contributed by atoms with van der Waals surface area (Å²) in [7, 11) is 0. The summed E-state index contributed by atoms with van der Waals surface area (Å²) in [6.07, 6.45) is 73.4. The number of carbonyl (C=O) groups is 3. The minimum atomic E-state index is -0.803. The fraction of sp³-hybridized carbons (Fsp3) is 0.762. The van der Waals surface area contributed by atoms with Crippen molar-refractivity contribution in [1.29, 1.82) is 0 Å². The third kappa shape index (κ3) is 55.6. The first kappa shape index (κ1) is 65.8. The fourth-order valence-corrected chi connectivity index (χ4v) is 8.35. The SMILES string of the molecule is CC/C=C\C/C=C\C/C=C\C/C=C\C/C=C\C/C=C\CCC(=O)OC[C@H](COC(=O)CCCCCCCCCCCCCCC)OC(=O)CCCCCCCCCCCCCCCCCCCCC. The molecule has 0 aliphatic heterocycles. The van der Waals surface area contributed by atoms with Gasteiger partial charge in [0, 0.05) is 19.3 Å². The van der Waals surface area contributed by atoms with Crippen molar-refractivity contribution < 1.29 is 28.6 Å². The van der Waals surface area contributed by atoms with Crippen LogP contribution in [0.15, 0.2) is 72.9 Å². The van der Waals surface area contributed by atoms with Crippen LogP contribution in [-0.4, -0.2) is 37.2 Å². The van der Waals surface area contributed by atoms with Crippen molar-refractivity contribution in [3.8, 4) is 0 Å². The molecule has 0 aliphatic carbocycles. The first-order chi connectivity index (χ1) is 34.0. The number of carbonyl (C=O) groups excluding carboxylic acids is 3. The predicted octanol–water partition coefficient (Wildman–Crippen LogP) is 19.8. The number of unbranched alkanes of at least 4 members (excludes halogenated alkanes) is 30. The van der Waals surface area contributed by atoms with Crippen molar-refractivity contribution in [2.45, 2.75) is 297 Å². The third-order valence-corrected chi connectivity index (χ3v) is 12.7. The Bertz CT molecular complexity index is 1290. The molecule has 0 aromatic rings. The zero-order valence-electron chi connectivity index (χ0n) is 45.6. The van der Waals surface area contributed by atoms with Crippen LogP contribution < -0.4 is 0 Å². The first-order valence-corrected chi connectivity index (χ1v) is 29.4. The second-order valence-corrected chi connectivity index (χ2v) is 19.5. The molecule has 398 valence electrons. The second-order valence-electron chi connectivity index (χ2n) is 19.5. The fourth-order valence-electron chi connectivity index (χ4n) is 8.35. The maximum atomic E-state index is 12.9. The lowest BCUT2D eigenvalue weighted by Crippen LogP contribution is -2.30. The lowest BCUT2D eigenvalue weighted by Gasteiger charge is -2.18. The molecule has 0 saturated carbocycles. The average Bonchev–Trinajstić information content (AvgIpc) is 3.35. The van der Waals surface area contributed by atoms with Crippen LogP contribution in [0.3, 0.4) is 0 Å². The molecule has 0 aliphatic rings. The van der Waals surface area contributed by atoms with Crippen molar-refractivity contribution >= 4 is 17.9 Å². The van der Waals surface area contributed by atoms with E-state index in [4.69, 9.17) is 14.2 Å². The highest BCUT2D eigenvalue weighted by atomic mass is 16.6. The zero-order chi connectivity index (χ0) is 50.0. The molecule has 0 amide bonds. The number of rotatable bonds is 53. The smallest absolute Gasteiger partial charge is 0.306 e. The molecule has 0 unspecified atom stereocenters. The van der Waals surface area contributed by atoms with E-state index in [0.29, 0.717) is 19.3 Å². The van der Waals surface area contributed by atoms with Gasteiger partial charge in [0.1, 0.15) is 13.2 Å². The molecule has 6 nitrogen and oxygen atoms in total. The molecule has 0 fully saturated rings. The Balaban J connectivity index is 4.44. The molecule has 0 aromatic heterocycles. The molecule has 1 atom stereocenters. The van der Waals surface area contributed by atoms with Crippen molar-refractivity contribution in [2.75, 3.05) is 13.2 Å². The number of esters is 3. The summed E-state index contributed by atoms with van der Waals surface area (Å²) >= 11 is 0. The Labute approximate surface area is 427 Å². The highest BCUT2D eigenvalue weighted by molar-refractivity contribution is 5.71. The predicted molar refractivity (Wildman–Crippen MR) is 298 cm³/mol. The normalized spacial score (nSPS) is 12.6. The van der Waals surface area contributed by atoms with Crippen molar-refractivity contribution in [1.82, 2.24) is 0 Å². The standard InChI is InChI=1S/C63H110O6/c1-4-7-10-13-16-19-22-25-27-29-31-33-35-38-41-44-47-50-53-56-62(65)68-59-60(58-67-61(64)55-52-49-46-43-40-37-24-21-18-15-12-9-6-3)69-63(66)57-54-51-48-45-42-39-36-34-32-30-28-26-23-20-17-14-11-8-5-2/h7,10,16,19,25,27,31,33,38,41,47,50,60H,4-6,8-9,11-15,17-18,20-24,26,28-30,32,34-37,39-40,42-46,48-49,51-59H2,1-3H3/b10-7-,19-16-,27-25-,33-31-,41-38-,50-47-/t60-/m0/s1. The van der Waals surface area contributed by atoms with Gasteiger partial charge in [-0.2, -0.15) is 0 Å². The second kappa shape index (κ2) is 57.4. The van der Waals surface area contributed by atoms with Crippen molar-refractivity contribution in [3.05, 3.63) is 72.9 Å². The van der Waals surface area contributed by atoms with Gasteiger partial charge < -0.3 is 14.2 Å². The summed E-state index contributed by atoms with van der Waals surface area (Å²) < 4.78 is 16.8. The minimum absolute atomic E-state index is 0.0946. The monoisotopic (exact) mass is 963 g/mol.